The van der Waals surface area contributed by atoms with Crippen molar-refractivity contribution in [3.63, 3.8) is 0 Å². The Bertz CT molecular complexity index is 539. The standard InChI is InChI=1S/C16H21NO5/c1-2-3-4-9-17-15(20)11-22-16(21)8-6-12-5-7-13(18)14(19)10-12/h5-8,10,18-19H,2-4,9,11H2,1H3,(H,17,20)/b8-6+. The van der Waals surface area contributed by atoms with Crippen LogP contribution in [0, 0.1) is 0 Å². The number of carbonyl (C=O) groups excluding carboxylic acids is 2. The summed E-state index contributed by atoms with van der Waals surface area (Å²) in [6.45, 7) is 2.33. The van der Waals surface area contributed by atoms with Crippen LogP contribution in [0.5, 0.6) is 11.5 Å². The lowest BCUT2D eigenvalue weighted by molar-refractivity contribution is -0.143. The van der Waals surface area contributed by atoms with Gasteiger partial charge in [0, 0.05) is 12.6 Å². The maximum Gasteiger partial charge on any atom is 0.331 e. The second-order valence-electron chi connectivity index (χ2n) is 4.75. The molecule has 0 spiro atoms. The first-order chi connectivity index (χ1) is 10.5. The van der Waals surface area contributed by atoms with Crippen molar-refractivity contribution in [2.45, 2.75) is 26.2 Å². The van der Waals surface area contributed by atoms with Crippen molar-refractivity contribution in [3.8, 4) is 11.5 Å². The molecular weight excluding hydrogens is 286 g/mol. The highest BCUT2D eigenvalue weighted by Crippen LogP contribution is 2.25. The molecule has 0 heterocycles. The molecule has 0 unspecified atom stereocenters. The van der Waals surface area contributed by atoms with Gasteiger partial charge in [0.2, 0.25) is 0 Å². The maximum absolute atomic E-state index is 11.4. The van der Waals surface area contributed by atoms with Crippen molar-refractivity contribution in [1.29, 1.82) is 0 Å². The van der Waals surface area contributed by atoms with Gasteiger partial charge in [-0.15, -0.1) is 0 Å². The lowest BCUT2D eigenvalue weighted by Gasteiger charge is -2.04. The van der Waals surface area contributed by atoms with E-state index in [0.717, 1.165) is 25.3 Å². The summed E-state index contributed by atoms with van der Waals surface area (Å²) >= 11 is 0. The summed E-state index contributed by atoms with van der Waals surface area (Å²) in [7, 11) is 0. The second-order valence-corrected chi connectivity index (χ2v) is 4.75. The lowest BCUT2D eigenvalue weighted by atomic mass is 10.2. The number of phenolic OH excluding ortho intramolecular Hbond substituents is 2. The molecule has 0 aliphatic heterocycles. The molecule has 6 heteroatoms. The Hall–Kier alpha value is -2.50. The smallest absolute Gasteiger partial charge is 0.331 e. The summed E-state index contributed by atoms with van der Waals surface area (Å²) in [6, 6.07) is 4.14. The highest BCUT2D eigenvalue weighted by molar-refractivity contribution is 5.89. The molecule has 0 saturated carbocycles. The van der Waals surface area contributed by atoms with E-state index in [9.17, 15) is 14.7 Å². The molecule has 120 valence electrons. The zero-order valence-corrected chi connectivity index (χ0v) is 12.5. The number of phenols is 2. The van der Waals surface area contributed by atoms with Gasteiger partial charge in [0.25, 0.3) is 5.91 Å². The van der Waals surface area contributed by atoms with Gasteiger partial charge in [-0.3, -0.25) is 4.79 Å². The molecule has 1 aromatic rings. The Kier molecular flexibility index (Phi) is 7.53. The van der Waals surface area contributed by atoms with Crippen LogP contribution in [0.1, 0.15) is 31.7 Å². The number of esters is 1. The van der Waals surface area contributed by atoms with Gasteiger partial charge in [-0.2, -0.15) is 0 Å². The first kappa shape index (κ1) is 17.6. The van der Waals surface area contributed by atoms with Crippen molar-refractivity contribution in [3.05, 3.63) is 29.8 Å². The van der Waals surface area contributed by atoms with E-state index in [1.165, 1.54) is 24.3 Å². The van der Waals surface area contributed by atoms with Gasteiger partial charge >= 0.3 is 5.97 Å². The van der Waals surface area contributed by atoms with E-state index in [1.807, 2.05) is 0 Å². The summed E-state index contributed by atoms with van der Waals surface area (Å²) in [5.41, 5.74) is 0.524. The molecule has 0 saturated heterocycles. The Labute approximate surface area is 129 Å². The molecule has 0 aliphatic rings. The number of carbonyl (C=O) groups is 2. The molecule has 0 aromatic heterocycles. The third-order valence-electron chi connectivity index (χ3n) is 2.86. The molecular formula is C16H21NO5. The van der Waals surface area contributed by atoms with Crippen LogP contribution in [-0.4, -0.2) is 35.2 Å². The van der Waals surface area contributed by atoms with E-state index < -0.39 is 5.97 Å². The summed E-state index contributed by atoms with van der Waals surface area (Å²) < 4.78 is 4.79. The Balaban J connectivity index is 2.31. The van der Waals surface area contributed by atoms with Gasteiger partial charge in [-0.1, -0.05) is 25.8 Å². The van der Waals surface area contributed by atoms with E-state index in [1.54, 1.807) is 0 Å². The highest BCUT2D eigenvalue weighted by Gasteiger charge is 2.04. The molecule has 0 fully saturated rings. The fraction of sp³-hybridized carbons (Fsp3) is 0.375. The van der Waals surface area contributed by atoms with Gasteiger partial charge < -0.3 is 20.3 Å². The van der Waals surface area contributed by atoms with Gasteiger partial charge in [-0.25, -0.2) is 4.79 Å². The summed E-state index contributed by atoms with van der Waals surface area (Å²) in [6.07, 6.45) is 5.59. The van der Waals surface area contributed by atoms with Gasteiger partial charge in [0.1, 0.15) is 0 Å². The minimum absolute atomic E-state index is 0.237. The van der Waals surface area contributed by atoms with Crippen LogP contribution in [0.25, 0.3) is 6.08 Å². The summed E-state index contributed by atoms with van der Waals surface area (Å²) in [5, 5.41) is 21.1. The number of rotatable bonds is 8. The van der Waals surface area contributed by atoms with Crippen LogP contribution in [0.4, 0.5) is 0 Å². The predicted molar refractivity (Wildman–Crippen MR) is 82.3 cm³/mol. The molecule has 6 nitrogen and oxygen atoms in total. The fourth-order valence-corrected chi connectivity index (χ4v) is 1.65. The molecule has 0 aliphatic carbocycles. The van der Waals surface area contributed by atoms with Gasteiger partial charge in [-0.05, 0) is 30.2 Å². The van der Waals surface area contributed by atoms with Crippen LogP contribution < -0.4 is 5.32 Å². The predicted octanol–water partition coefficient (Wildman–Crippen LogP) is 1.96. The Morgan fingerprint density at radius 2 is 2.00 bits per heavy atom. The number of amides is 1. The van der Waals surface area contributed by atoms with Crippen molar-refractivity contribution in [1.82, 2.24) is 5.32 Å². The van der Waals surface area contributed by atoms with E-state index in [-0.39, 0.29) is 24.0 Å². The lowest BCUT2D eigenvalue weighted by Crippen LogP contribution is -2.29. The van der Waals surface area contributed by atoms with Crippen LogP contribution in [0.3, 0.4) is 0 Å². The van der Waals surface area contributed by atoms with Crippen molar-refractivity contribution >= 4 is 18.0 Å². The monoisotopic (exact) mass is 307 g/mol. The summed E-state index contributed by atoms with van der Waals surface area (Å²) in [5.74, 6) is -1.50. The minimum atomic E-state index is -0.656. The topological polar surface area (TPSA) is 95.9 Å². The number of unbranched alkanes of at least 4 members (excludes halogenated alkanes) is 2. The second kappa shape index (κ2) is 9.44. The zero-order chi connectivity index (χ0) is 16.4. The number of benzene rings is 1. The fourth-order valence-electron chi connectivity index (χ4n) is 1.65. The largest absolute Gasteiger partial charge is 0.504 e. The number of nitrogens with one attached hydrogen (secondary N) is 1. The van der Waals surface area contributed by atoms with E-state index in [0.29, 0.717) is 12.1 Å². The zero-order valence-electron chi connectivity index (χ0n) is 12.5. The average molecular weight is 307 g/mol. The average Bonchev–Trinajstić information content (AvgIpc) is 2.50. The highest BCUT2D eigenvalue weighted by atomic mass is 16.5. The summed E-state index contributed by atoms with van der Waals surface area (Å²) in [4.78, 5) is 22.8. The third-order valence-corrected chi connectivity index (χ3v) is 2.86. The normalized spacial score (nSPS) is 10.6. The number of ether oxygens (including phenoxy) is 1. The van der Waals surface area contributed by atoms with E-state index in [4.69, 9.17) is 9.84 Å². The minimum Gasteiger partial charge on any atom is -0.504 e. The number of aromatic hydroxyl groups is 2. The van der Waals surface area contributed by atoms with Crippen LogP contribution >= 0.6 is 0 Å². The number of hydrogen-bond acceptors (Lipinski definition) is 5. The first-order valence-electron chi connectivity index (χ1n) is 7.16. The van der Waals surface area contributed by atoms with E-state index in [2.05, 4.69) is 12.2 Å². The molecule has 22 heavy (non-hydrogen) atoms. The van der Waals surface area contributed by atoms with Crippen LogP contribution in [0.15, 0.2) is 24.3 Å². The maximum atomic E-state index is 11.4. The third kappa shape index (κ3) is 6.78. The molecule has 0 bridgehead atoms. The van der Waals surface area contributed by atoms with Crippen molar-refractivity contribution in [2.75, 3.05) is 13.2 Å². The molecule has 0 radical (unpaired) electrons. The SMILES string of the molecule is CCCCCNC(=O)COC(=O)/C=C/c1ccc(O)c(O)c1. The van der Waals surface area contributed by atoms with Crippen molar-refractivity contribution in [2.24, 2.45) is 0 Å². The number of hydrogen-bond donors (Lipinski definition) is 3. The Morgan fingerprint density at radius 3 is 2.68 bits per heavy atom. The molecule has 3 N–H and O–H groups in total. The van der Waals surface area contributed by atoms with Crippen LogP contribution in [-0.2, 0) is 14.3 Å². The Morgan fingerprint density at radius 1 is 1.23 bits per heavy atom. The van der Waals surface area contributed by atoms with Crippen molar-refractivity contribution < 1.29 is 24.5 Å². The quantitative estimate of drug-likeness (QED) is 0.295. The molecule has 1 aromatic carbocycles. The van der Waals surface area contributed by atoms with E-state index >= 15 is 0 Å². The van der Waals surface area contributed by atoms with Gasteiger partial charge in [0.15, 0.2) is 18.1 Å². The molecule has 0 atom stereocenters. The first-order valence-corrected chi connectivity index (χ1v) is 7.16. The van der Waals surface area contributed by atoms with Crippen LogP contribution in [0.2, 0.25) is 0 Å². The molecule has 1 rings (SSSR count). The van der Waals surface area contributed by atoms with Gasteiger partial charge in [0.05, 0.1) is 0 Å². The molecule has 1 amide bonds.